The third-order valence-electron chi connectivity index (χ3n) is 4.52. The highest BCUT2D eigenvalue weighted by molar-refractivity contribution is 5.42. The Morgan fingerprint density at radius 3 is 2.71 bits per heavy atom. The van der Waals surface area contributed by atoms with Crippen molar-refractivity contribution in [1.82, 2.24) is 10.2 Å². The van der Waals surface area contributed by atoms with E-state index in [0.29, 0.717) is 6.04 Å². The van der Waals surface area contributed by atoms with Gasteiger partial charge in [0.1, 0.15) is 11.5 Å². The highest BCUT2D eigenvalue weighted by Gasteiger charge is 2.23. The van der Waals surface area contributed by atoms with E-state index in [4.69, 9.17) is 9.47 Å². The van der Waals surface area contributed by atoms with Gasteiger partial charge in [-0.3, -0.25) is 4.90 Å². The van der Waals surface area contributed by atoms with Crippen molar-refractivity contribution in [2.24, 2.45) is 0 Å². The van der Waals surface area contributed by atoms with E-state index in [9.17, 15) is 0 Å². The highest BCUT2D eigenvalue weighted by atomic mass is 16.5. The summed E-state index contributed by atoms with van der Waals surface area (Å²) in [6, 6.07) is 7.00. The Labute approximate surface area is 128 Å². The first-order valence-corrected chi connectivity index (χ1v) is 7.82. The predicted octanol–water partition coefficient (Wildman–Crippen LogP) is 2.84. The molecule has 0 aromatic heterocycles. The first kappa shape index (κ1) is 16.1. The van der Waals surface area contributed by atoms with Crippen LogP contribution in [0.15, 0.2) is 18.2 Å². The lowest BCUT2D eigenvalue weighted by Gasteiger charge is -2.36. The van der Waals surface area contributed by atoms with E-state index in [1.807, 2.05) is 19.2 Å². The summed E-state index contributed by atoms with van der Waals surface area (Å²) in [6.45, 7) is 4.54. The number of nitrogens with one attached hydrogen (secondary N) is 1. The number of methoxy groups -OCH3 is 2. The van der Waals surface area contributed by atoms with Crippen molar-refractivity contribution in [3.05, 3.63) is 23.8 Å². The Bertz CT molecular complexity index is 450. The average molecular weight is 292 g/mol. The maximum Gasteiger partial charge on any atom is 0.127 e. The first-order chi connectivity index (χ1) is 10.2. The lowest BCUT2D eigenvalue weighted by atomic mass is 10.00. The van der Waals surface area contributed by atoms with Gasteiger partial charge in [-0.15, -0.1) is 0 Å². The van der Waals surface area contributed by atoms with E-state index in [2.05, 4.69) is 23.2 Å². The van der Waals surface area contributed by atoms with Crippen molar-refractivity contribution in [2.45, 2.75) is 38.3 Å². The molecule has 0 aliphatic carbocycles. The van der Waals surface area contributed by atoms with Crippen LogP contribution in [0.1, 0.15) is 37.8 Å². The summed E-state index contributed by atoms with van der Waals surface area (Å²) in [7, 11) is 5.41. The third-order valence-corrected chi connectivity index (χ3v) is 4.52. The normalized spacial score (nSPS) is 21.0. The zero-order chi connectivity index (χ0) is 15.2. The number of ether oxygens (including phenoxy) is 2. The lowest BCUT2D eigenvalue weighted by molar-refractivity contribution is 0.145. The topological polar surface area (TPSA) is 33.7 Å². The highest BCUT2D eigenvalue weighted by Crippen LogP contribution is 2.31. The number of likely N-dealkylation sites (N-methyl/N-ethyl adjacent to an activating group) is 1. The molecule has 4 heteroatoms. The van der Waals surface area contributed by atoms with Crippen molar-refractivity contribution in [2.75, 3.05) is 34.4 Å². The largest absolute Gasteiger partial charge is 0.497 e. The monoisotopic (exact) mass is 292 g/mol. The van der Waals surface area contributed by atoms with Gasteiger partial charge >= 0.3 is 0 Å². The van der Waals surface area contributed by atoms with Crippen molar-refractivity contribution in [3.8, 4) is 11.5 Å². The second-order valence-electron chi connectivity index (χ2n) is 5.79. The maximum atomic E-state index is 5.55. The molecule has 21 heavy (non-hydrogen) atoms. The molecule has 2 atom stereocenters. The van der Waals surface area contributed by atoms with Crippen LogP contribution in [0.5, 0.6) is 11.5 Å². The van der Waals surface area contributed by atoms with Gasteiger partial charge in [-0.25, -0.2) is 0 Å². The van der Waals surface area contributed by atoms with Crippen molar-refractivity contribution in [3.63, 3.8) is 0 Å². The van der Waals surface area contributed by atoms with E-state index in [1.165, 1.54) is 31.4 Å². The van der Waals surface area contributed by atoms with Crippen LogP contribution in [-0.2, 0) is 0 Å². The van der Waals surface area contributed by atoms with Crippen LogP contribution in [0.4, 0.5) is 0 Å². The molecular formula is C17H28N2O2. The standard InChI is InChI=1S/C17H28N2O2/c1-13-7-5-6-10-19(13)12-16(18-2)15-9-8-14(20-3)11-17(15)21-4/h8-9,11,13,16,18H,5-7,10,12H2,1-4H3. The number of rotatable bonds is 6. The molecule has 0 bridgehead atoms. The predicted molar refractivity (Wildman–Crippen MR) is 86.2 cm³/mol. The van der Waals surface area contributed by atoms with Crippen LogP contribution in [-0.4, -0.2) is 45.3 Å². The zero-order valence-electron chi connectivity index (χ0n) is 13.7. The molecule has 2 unspecified atom stereocenters. The van der Waals surface area contributed by atoms with Crippen LogP contribution in [0.25, 0.3) is 0 Å². The minimum Gasteiger partial charge on any atom is -0.497 e. The molecule has 1 N–H and O–H groups in total. The quantitative estimate of drug-likeness (QED) is 0.874. The molecule has 1 aromatic carbocycles. The number of hydrogen-bond acceptors (Lipinski definition) is 4. The second-order valence-corrected chi connectivity index (χ2v) is 5.79. The molecule has 0 spiro atoms. The zero-order valence-corrected chi connectivity index (χ0v) is 13.7. The number of hydrogen-bond donors (Lipinski definition) is 1. The Balaban J connectivity index is 2.16. The fourth-order valence-corrected chi connectivity index (χ4v) is 3.11. The van der Waals surface area contributed by atoms with E-state index in [0.717, 1.165) is 18.0 Å². The van der Waals surface area contributed by atoms with Crippen LogP contribution >= 0.6 is 0 Å². The van der Waals surface area contributed by atoms with Gasteiger partial charge < -0.3 is 14.8 Å². The van der Waals surface area contributed by atoms with E-state index >= 15 is 0 Å². The number of piperidine rings is 1. The molecule has 1 fully saturated rings. The van der Waals surface area contributed by atoms with E-state index < -0.39 is 0 Å². The molecule has 0 radical (unpaired) electrons. The Hall–Kier alpha value is -1.26. The first-order valence-electron chi connectivity index (χ1n) is 7.82. The molecule has 1 heterocycles. The molecule has 1 aliphatic heterocycles. The van der Waals surface area contributed by atoms with Crippen LogP contribution in [0, 0.1) is 0 Å². The van der Waals surface area contributed by atoms with Gasteiger partial charge in [0.15, 0.2) is 0 Å². The Morgan fingerprint density at radius 2 is 2.10 bits per heavy atom. The van der Waals surface area contributed by atoms with E-state index in [-0.39, 0.29) is 6.04 Å². The summed E-state index contributed by atoms with van der Waals surface area (Å²) >= 11 is 0. The van der Waals surface area contributed by atoms with Gasteiger partial charge in [-0.2, -0.15) is 0 Å². The molecule has 4 nitrogen and oxygen atoms in total. The van der Waals surface area contributed by atoms with Crippen LogP contribution in [0.2, 0.25) is 0 Å². The summed E-state index contributed by atoms with van der Waals surface area (Å²) in [5.74, 6) is 1.72. The molecule has 2 rings (SSSR count). The smallest absolute Gasteiger partial charge is 0.127 e. The number of benzene rings is 1. The molecule has 0 saturated carbocycles. The lowest BCUT2D eigenvalue weighted by Crippen LogP contribution is -2.42. The number of nitrogens with zero attached hydrogens (tertiary/aromatic N) is 1. The minimum atomic E-state index is 0.270. The van der Waals surface area contributed by atoms with Gasteiger partial charge in [0.25, 0.3) is 0 Å². The van der Waals surface area contributed by atoms with Gasteiger partial charge in [0.2, 0.25) is 0 Å². The maximum absolute atomic E-state index is 5.55. The van der Waals surface area contributed by atoms with Crippen molar-refractivity contribution >= 4 is 0 Å². The SMILES string of the molecule is CNC(CN1CCCCC1C)c1ccc(OC)cc1OC. The van der Waals surface area contributed by atoms with Crippen LogP contribution < -0.4 is 14.8 Å². The van der Waals surface area contributed by atoms with Gasteiger partial charge in [0, 0.05) is 30.3 Å². The molecular weight excluding hydrogens is 264 g/mol. The van der Waals surface area contributed by atoms with Crippen molar-refractivity contribution in [1.29, 1.82) is 0 Å². The fourth-order valence-electron chi connectivity index (χ4n) is 3.11. The molecule has 1 aliphatic rings. The van der Waals surface area contributed by atoms with Crippen molar-refractivity contribution < 1.29 is 9.47 Å². The average Bonchev–Trinajstić information content (AvgIpc) is 2.53. The second kappa shape index (κ2) is 7.66. The summed E-state index contributed by atoms with van der Waals surface area (Å²) in [6.07, 6.45) is 3.96. The molecule has 0 amide bonds. The summed E-state index contributed by atoms with van der Waals surface area (Å²) < 4.78 is 10.8. The third kappa shape index (κ3) is 3.89. The fraction of sp³-hybridized carbons (Fsp3) is 0.647. The summed E-state index contributed by atoms with van der Waals surface area (Å²) in [5, 5.41) is 3.44. The molecule has 1 saturated heterocycles. The van der Waals surface area contributed by atoms with Gasteiger partial charge in [0.05, 0.1) is 14.2 Å². The van der Waals surface area contributed by atoms with E-state index in [1.54, 1.807) is 14.2 Å². The van der Waals surface area contributed by atoms with Crippen LogP contribution in [0.3, 0.4) is 0 Å². The number of likely N-dealkylation sites (tertiary alicyclic amines) is 1. The molecule has 1 aromatic rings. The van der Waals surface area contributed by atoms with Gasteiger partial charge in [-0.1, -0.05) is 12.5 Å². The Kier molecular flexibility index (Phi) is 5.88. The molecule has 118 valence electrons. The Morgan fingerprint density at radius 1 is 1.29 bits per heavy atom. The minimum absolute atomic E-state index is 0.270. The van der Waals surface area contributed by atoms with Gasteiger partial charge in [-0.05, 0) is 39.4 Å². The summed E-state index contributed by atoms with van der Waals surface area (Å²) in [5.41, 5.74) is 1.19. The summed E-state index contributed by atoms with van der Waals surface area (Å²) in [4.78, 5) is 2.58.